The molecule has 2 aliphatic heterocycles. The van der Waals surface area contributed by atoms with Crippen molar-refractivity contribution in [2.45, 2.75) is 43.2 Å². The van der Waals surface area contributed by atoms with E-state index in [1.807, 2.05) is 0 Å². The van der Waals surface area contributed by atoms with Gasteiger partial charge in [0.2, 0.25) is 11.8 Å². The maximum atomic E-state index is 11.6. The van der Waals surface area contributed by atoms with Crippen LogP contribution >= 0.6 is 0 Å². The van der Waals surface area contributed by atoms with Crippen LogP contribution < -0.4 is 0 Å². The van der Waals surface area contributed by atoms with Crippen molar-refractivity contribution in [3.05, 3.63) is 0 Å². The fourth-order valence-electron chi connectivity index (χ4n) is 2.26. The van der Waals surface area contributed by atoms with E-state index in [1.165, 1.54) is 0 Å². The van der Waals surface area contributed by atoms with Gasteiger partial charge < -0.3 is 30.3 Å². The predicted octanol–water partition coefficient (Wildman–Crippen LogP) is -3.74. The Bertz CT molecular complexity index is 383. The molecule has 5 atom stereocenters. The molecule has 2 aliphatic rings. The molecule has 2 saturated heterocycles. The number of ether oxygens (including phenoxy) is 1. The van der Waals surface area contributed by atoms with Crippen LogP contribution in [0.3, 0.4) is 0 Å². The number of aliphatic hydroxyl groups excluding tert-OH is 4. The Kier molecular flexibility index (Phi) is 3.60. The van der Waals surface area contributed by atoms with Crippen molar-refractivity contribution in [1.29, 1.82) is 0 Å². The van der Waals surface area contributed by atoms with Gasteiger partial charge in [-0.25, -0.2) is 4.90 Å². The van der Waals surface area contributed by atoms with E-state index in [0.717, 1.165) is 0 Å². The fourth-order valence-corrected chi connectivity index (χ4v) is 2.26. The summed E-state index contributed by atoms with van der Waals surface area (Å²) in [4.78, 5) is 23.4. The first kappa shape index (κ1) is 14.3. The quantitative estimate of drug-likeness (QED) is 0.323. The molecular weight excluding hydrogens is 262 g/mol. The lowest BCUT2D eigenvalue weighted by molar-refractivity contribution is -0.386. The summed E-state index contributed by atoms with van der Waals surface area (Å²) >= 11 is 0. The van der Waals surface area contributed by atoms with Crippen LogP contribution in [-0.2, 0) is 14.3 Å². The third-order valence-electron chi connectivity index (χ3n) is 3.32. The van der Waals surface area contributed by atoms with Crippen LogP contribution in [0.5, 0.6) is 0 Å². The molecule has 2 amide bonds. The van der Waals surface area contributed by atoms with Crippen LogP contribution in [0.2, 0.25) is 0 Å². The molecule has 5 N–H and O–H groups in total. The van der Waals surface area contributed by atoms with Crippen molar-refractivity contribution in [2.24, 2.45) is 0 Å². The van der Waals surface area contributed by atoms with Gasteiger partial charge in [-0.1, -0.05) is 0 Å². The smallest absolute Gasteiger partial charge is 0.288 e. The summed E-state index contributed by atoms with van der Waals surface area (Å²) in [6.07, 6.45) is -7.38. The van der Waals surface area contributed by atoms with Crippen LogP contribution in [0.25, 0.3) is 0 Å². The summed E-state index contributed by atoms with van der Waals surface area (Å²) < 4.78 is 4.87. The first-order valence-corrected chi connectivity index (χ1v) is 5.74. The van der Waals surface area contributed by atoms with Crippen LogP contribution in [0.15, 0.2) is 0 Å². The minimum absolute atomic E-state index is 0.153. The molecule has 0 aromatic carbocycles. The Morgan fingerprint density at radius 2 is 1.68 bits per heavy atom. The molecule has 2 heterocycles. The van der Waals surface area contributed by atoms with Crippen molar-refractivity contribution < 1.29 is 39.9 Å². The SMILES string of the molecule is O=C1CCC(=O)N1C1(O)O[C@H](CO)[C@@H](O)[C@H](O)[C@H]1O. The highest BCUT2D eigenvalue weighted by Crippen LogP contribution is 2.34. The number of carbonyl (C=O) groups excluding carboxylic acids is 2. The summed E-state index contributed by atoms with van der Waals surface area (Å²) in [6, 6.07) is 0. The lowest BCUT2D eigenvalue weighted by Crippen LogP contribution is -2.72. The average Bonchev–Trinajstić information content (AvgIpc) is 2.71. The Hall–Kier alpha value is -1.10. The van der Waals surface area contributed by atoms with Crippen molar-refractivity contribution >= 4 is 11.8 Å². The van der Waals surface area contributed by atoms with Gasteiger partial charge in [0.15, 0.2) is 6.10 Å². The molecule has 9 heteroatoms. The van der Waals surface area contributed by atoms with Crippen LogP contribution in [-0.4, -0.2) is 79.2 Å². The number of imide groups is 1. The lowest BCUT2D eigenvalue weighted by Gasteiger charge is -2.47. The minimum atomic E-state index is -2.79. The lowest BCUT2D eigenvalue weighted by atomic mass is 9.96. The maximum absolute atomic E-state index is 11.6. The molecule has 2 fully saturated rings. The number of aliphatic hydroxyl groups is 5. The topological polar surface area (TPSA) is 148 Å². The molecule has 1 unspecified atom stereocenters. The third kappa shape index (κ3) is 2.04. The Labute approximate surface area is 107 Å². The number of carbonyl (C=O) groups is 2. The monoisotopic (exact) mass is 277 g/mol. The van der Waals surface area contributed by atoms with E-state index >= 15 is 0 Å². The van der Waals surface area contributed by atoms with Gasteiger partial charge in [0, 0.05) is 12.8 Å². The zero-order valence-corrected chi connectivity index (χ0v) is 9.84. The molecular formula is C10H15NO8. The normalized spacial score (nSPS) is 43.9. The van der Waals surface area contributed by atoms with Crippen LogP contribution in [0.1, 0.15) is 12.8 Å². The van der Waals surface area contributed by atoms with Gasteiger partial charge in [-0.15, -0.1) is 0 Å². The number of amides is 2. The number of hydrogen-bond donors (Lipinski definition) is 5. The van der Waals surface area contributed by atoms with Gasteiger partial charge in [0.05, 0.1) is 6.61 Å². The molecule has 2 rings (SSSR count). The molecule has 0 aliphatic carbocycles. The summed E-state index contributed by atoms with van der Waals surface area (Å²) in [5, 5.41) is 48.1. The molecule has 108 valence electrons. The van der Waals surface area contributed by atoms with E-state index in [2.05, 4.69) is 0 Å². The maximum Gasteiger partial charge on any atom is 0.288 e. The Morgan fingerprint density at radius 1 is 1.16 bits per heavy atom. The summed E-state index contributed by atoms with van der Waals surface area (Å²) in [7, 11) is 0. The highest BCUT2D eigenvalue weighted by atomic mass is 16.7. The minimum Gasteiger partial charge on any atom is -0.394 e. The van der Waals surface area contributed by atoms with Crippen molar-refractivity contribution in [3.63, 3.8) is 0 Å². The van der Waals surface area contributed by atoms with E-state index < -0.39 is 48.7 Å². The van der Waals surface area contributed by atoms with Crippen LogP contribution in [0.4, 0.5) is 0 Å². The second-order valence-corrected chi connectivity index (χ2v) is 4.55. The first-order chi connectivity index (χ1) is 8.82. The fraction of sp³-hybridized carbons (Fsp3) is 0.800. The highest BCUT2D eigenvalue weighted by Gasteiger charge is 2.60. The predicted molar refractivity (Wildman–Crippen MR) is 56.0 cm³/mol. The molecule has 0 radical (unpaired) electrons. The van der Waals surface area contributed by atoms with Gasteiger partial charge in [0.25, 0.3) is 5.91 Å². The average molecular weight is 277 g/mol. The van der Waals surface area contributed by atoms with E-state index in [4.69, 9.17) is 9.84 Å². The second-order valence-electron chi connectivity index (χ2n) is 4.55. The Morgan fingerprint density at radius 3 is 2.16 bits per heavy atom. The number of rotatable bonds is 2. The van der Waals surface area contributed by atoms with Gasteiger partial charge in [-0.05, 0) is 0 Å². The largest absolute Gasteiger partial charge is 0.394 e. The van der Waals surface area contributed by atoms with Crippen molar-refractivity contribution in [3.8, 4) is 0 Å². The zero-order chi connectivity index (χ0) is 14.4. The van der Waals surface area contributed by atoms with Crippen molar-refractivity contribution in [2.75, 3.05) is 6.61 Å². The van der Waals surface area contributed by atoms with E-state index in [1.54, 1.807) is 0 Å². The number of likely N-dealkylation sites (tertiary alicyclic amines) is 1. The Balaban J connectivity index is 2.35. The highest BCUT2D eigenvalue weighted by molar-refractivity contribution is 6.02. The number of nitrogens with zero attached hydrogens (tertiary/aromatic N) is 1. The zero-order valence-electron chi connectivity index (χ0n) is 9.84. The number of hydrogen-bond acceptors (Lipinski definition) is 8. The molecule has 0 bridgehead atoms. The van der Waals surface area contributed by atoms with Gasteiger partial charge in [-0.3, -0.25) is 9.59 Å². The molecule has 0 aromatic heterocycles. The van der Waals surface area contributed by atoms with E-state index in [9.17, 15) is 30.0 Å². The van der Waals surface area contributed by atoms with Gasteiger partial charge in [0.1, 0.15) is 18.3 Å². The van der Waals surface area contributed by atoms with Gasteiger partial charge in [-0.2, -0.15) is 0 Å². The van der Waals surface area contributed by atoms with Crippen molar-refractivity contribution in [1.82, 2.24) is 4.90 Å². The molecule has 0 saturated carbocycles. The molecule has 0 spiro atoms. The first-order valence-electron chi connectivity index (χ1n) is 5.74. The summed E-state index contributed by atoms with van der Waals surface area (Å²) in [5.41, 5.74) is 0. The molecule has 9 nitrogen and oxygen atoms in total. The standard InChI is InChI=1S/C10H15NO8/c12-3-4-7(15)8(16)9(17)10(18,19-4)11-5(13)1-2-6(11)14/h4,7-9,12,15-18H,1-3H2/t4-,7-,8+,9-,10?/m1/s1. The molecule has 19 heavy (non-hydrogen) atoms. The summed E-state index contributed by atoms with van der Waals surface area (Å²) in [5.74, 6) is -4.34. The van der Waals surface area contributed by atoms with E-state index in [-0.39, 0.29) is 12.8 Å². The van der Waals surface area contributed by atoms with E-state index in [0.29, 0.717) is 4.90 Å². The van der Waals surface area contributed by atoms with Gasteiger partial charge >= 0.3 is 0 Å². The molecule has 0 aromatic rings. The third-order valence-corrected chi connectivity index (χ3v) is 3.32. The summed E-state index contributed by atoms with van der Waals surface area (Å²) in [6.45, 7) is -0.774. The second kappa shape index (κ2) is 4.78. The van der Waals surface area contributed by atoms with Crippen LogP contribution in [0, 0.1) is 0 Å².